The molecule has 0 fully saturated rings. The van der Waals surface area contributed by atoms with Crippen LogP contribution in [0.1, 0.15) is 11.4 Å². The molecule has 0 aliphatic heterocycles. The number of nitrogens with one attached hydrogen (secondary N) is 2. The number of halogens is 2. The van der Waals surface area contributed by atoms with E-state index in [-0.39, 0.29) is 0 Å². The van der Waals surface area contributed by atoms with E-state index in [4.69, 9.17) is 0 Å². The molecule has 0 bridgehead atoms. The Labute approximate surface area is 111 Å². The van der Waals surface area contributed by atoms with E-state index in [1.165, 1.54) is 0 Å². The number of aromatic amines is 1. The SMILES string of the molecule is Cc1[nH]cnc1CNc1cc(Br)ccc1Br. The Kier molecular flexibility index (Phi) is 3.66. The molecule has 0 saturated heterocycles. The summed E-state index contributed by atoms with van der Waals surface area (Å²) in [7, 11) is 0. The van der Waals surface area contributed by atoms with Crippen molar-refractivity contribution in [3.8, 4) is 0 Å². The van der Waals surface area contributed by atoms with E-state index in [1.54, 1.807) is 6.33 Å². The molecule has 2 rings (SSSR count). The molecule has 16 heavy (non-hydrogen) atoms. The number of aromatic nitrogens is 2. The summed E-state index contributed by atoms with van der Waals surface area (Å²) < 4.78 is 2.10. The summed E-state index contributed by atoms with van der Waals surface area (Å²) in [5.74, 6) is 0. The number of rotatable bonds is 3. The number of aryl methyl sites for hydroxylation is 1. The molecular formula is C11H11Br2N3. The van der Waals surface area contributed by atoms with Gasteiger partial charge in [-0.15, -0.1) is 0 Å². The van der Waals surface area contributed by atoms with Crippen molar-refractivity contribution in [2.24, 2.45) is 0 Å². The molecule has 0 aliphatic rings. The minimum absolute atomic E-state index is 0.713. The summed E-state index contributed by atoms with van der Waals surface area (Å²) >= 11 is 6.95. The molecule has 1 aromatic carbocycles. The van der Waals surface area contributed by atoms with Gasteiger partial charge in [-0.25, -0.2) is 4.98 Å². The fraction of sp³-hybridized carbons (Fsp3) is 0.182. The van der Waals surface area contributed by atoms with Crippen LogP contribution in [0.3, 0.4) is 0 Å². The first-order chi connectivity index (χ1) is 7.66. The second-order valence-corrected chi connectivity index (χ2v) is 5.22. The van der Waals surface area contributed by atoms with Crippen LogP contribution in [0.25, 0.3) is 0 Å². The average molecular weight is 345 g/mol. The molecule has 0 unspecified atom stereocenters. The molecule has 1 aromatic heterocycles. The highest BCUT2D eigenvalue weighted by Crippen LogP contribution is 2.26. The number of benzene rings is 1. The number of H-pyrrole nitrogens is 1. The second-order valence-electron chi connectivity index (χ2n) is 3.45. The molecule has 2 N–H and O–H groups in total. The van der Waals surface area contributed by atoms with Gasteiger partial charge in [-0.2, -0.15) is 0 Å². The number of imidazole rings is 1. The van der Waals surface area contributed by atoms with E-state index in [1.807, 2.05) is 25.1 Å². The smallest absolute Gasteiger partial charge is 0.0925 e. The summed E-state index contributed by atoms with van der Waals surface area (Å²) in [5.41, 5.74) is 3.18. The van der Waals surface area contributed by atoms with Crippen molar-refractivity contribution in [2.75, 3.05) is 5.32 Å². The third-order valence-corrected chi connectivity index (χ3v) is 3.49. The van der Waals surface area contributed by atoms with Crippen LogP contribution in [0, 0.1) is 6.92 Å². The molecular weight excluding hydrogens is 334 g/mol. The van der Waals surface area contributed by atoms with Crippen LogP contribution in [-0.4, -0.2) is 9.97 Å². The van der Waals surface area contributed by atoms with Crippen LogP contribution in [0.2, 0.25) is 0 Å². The first-order valence-electron chi connectivity index (χ1n) is 4.84. The van der Waals surface area contributed by atoms with E-state index < -0.39 is 0 Å². The van der Waals surface area contributed by atoms with Gasteiger partial charge in [0, 0.05) is 20.3 Å². The van der Waals surface area contributed by atoms with Gasteiger partial charge in [-0.3, -0.25) is 0 Å². The highest BCUT2D eigenvalue weighted by molar-refractivity contribution is 9.11. The van der Waals surface area contributed by atoms with Gasteiger partial charge >= 0.3 is 0 Å². The van der Waals surface area contributed by atoms with Gasteiger partial charge in [0.05, 0.1) is 18.6 Å². The summed E-state index contributed by atoms with van der Waals surface area (Å²) in [6.45, 7) is 2.73. The Bertz CT molecular complexity index is 494. The maximum absolute atomic E-state index is 4.24. The second kappa shape index (κ2) is 5.01. The van der Waals surface area contributed by atoms with Crippen molar-refractivity contribution in [2.45, 2.75) is 13.5 Å². The zero-order chi connectivity index (χ0) is 11.5. The molecule has 0 saturated carbocycles. The van der Waals surface area contributed by atoms with E-state index in [0.29, 0.717) is 6.54 Å². The lowest BCUT2D eigenvalue weighted by atomic mass is 10.3. The number of hydrogen-bond donors (Lipinski definition) is 2. The Morgan fingerprint density at radius 1 is 1.38 bits per heavy atom. The highest BCUT2D eigenvalue weighted by Gasteiger charge is 2.03. The number of nitrogens with zero attached hydrogens (tertiary/aromatic N) is 1. The zero-order valence-corrected chi connectivity index (χ0v) is 11.9. The Morgan fingerprint density at radius 3 is 2.88 bits per heavy atom. The molecule has 84 valence electrons. The average Bonchev–Trinajstić information content (AvgIpc) is 2.66. The fourth-order valence-corrected chi connectivity index (χ4v) is 2.13. The lowest BCUT2D eigenvalue weighted by molar-refractivity contribution is 1.05. The maximum Gasteiger partial charge on any atom is 0.0925 e. The Hall–Kier alpha value is -0.810. The van der Waals surface area contributed by atoms with Crippen LogP contribution < -0.4 is 5.32 Å². The van der Waals surface area contributed by atoms with Crippen LogP contribution in [0.5, 0.6) is 0 Å². The quantitative estimate of drug-likeness (QED) is 0.887. The topological polar surface area (TPSA) is 40.7 Å². The predicted molar refractivity (Wildman–Crippen MR) is 72.5 cm³/mol. The molecule has 0 aliphatic carbocycles. The minimum Gasteiger partial charge on any atom is -0.378 e. The Morgan fingerprint density at radius 2 is 2.19 bits per heavy atom. The van der Waals surface area contributed by atoms with E-state index in [9.17, 15) is 0 Å². The van der Waals surface area contributed by atoms with E-state index >= 15 is 0 Å². The van der Waals surface area contributed by atoms with Gasteiger partial charge in [0.15, 0.2) is 0 Å². The normalized spacial score (nSPS) is 10.4. The lowest BCUT2D eigenvalue weighted by Crippen LogP contribution is -2.01. The van der Waals surface area contributed by atoms with Crippen molar-refractivity contribution in [3.05, 3.63) is 44.9 Å². The molecule has 0 atom stereocenters. The van der Waals surface area contributed by atoms with Gasteiger partial charge in [-0.05, 0) is 41.1 Å². The van der Waals surface area contributed by atoms with Crippen molar-refractivity contribution in [1.82, 2.24) is 9.97 Å². The van der Waals surface area contributed by atoms with Crippen LogP contribution >= 0.6 is 31.9 Å². The predicted octanol–water partition coefficient (Wildman–Crippen LogP) is 3.86. The first kappa shape index (κ1) is 11.7. The molecule has 2 aromatic rings. The number of hydrogen-bond acceptors (Lipinski definition) is 2. The van der Waals surface area contributed by atoms with E-state index in [0.717, 1.165) is 26.0 Å². The molecule has 0 amide bonds. The first-order valence-corrected chi connectivity index (χ1v) is 6.43. The van der Waals surface area contributed by atoms with Crippen molar-refractivity contribution in [3.63, 3.8) is 0 Å². The third-order valence-electron chi connectivity index (χ3n) is 2.31. The minimum atomic E-state index is 0.713. The van der Waals surface area contributed by atoms with Crippen molar-refractivity contribution < 1.29 is 0 Å². The zero-order valence-electron chi connectivity index (χ0n) is 8.72. The summed E-state index contributed by atoms with van der Waals surface area (Å²) in [4.78, 5) is 7.30. The number of anilines is 1. The van der Waals surface area contributed by atoms with Crippen LogP contribution in [-0.2, 0) is 6.54 Å². The van der Waals surface area contributed by atoms with Crippen LogP contribution in [0.15, 0.2) is 33.5 Å². The molecule has 1 heterocycles. The summed E-state index contributed by atoms with van der Waals surface area (Å²) in [6.07, 6.45) is 1.71. The molecule has 5 heteroatoms. The molecule has 0 spiro atoms. The lowest BCUT2D eigenvalue weighted by Gasteiger charge is -2.08. The van der Waals surface area contributed by atoms with Gasteiger partial charge in [-0.1, -0.05) is 15.9 Å². The summed E-state index contributed by atoms with van der Waals surface area (Å²) in [6, 6.07) is 6.03. The monoisotopic (exact) mass is 343 g/mol. The largest absolute Gasteiger partial charge is 0.378 e. The summed E-state index contributed by atoms with van der Waals surface area (Å²) in [5, 5.41) is 3.34. The van der Waals surface area contributed by atoms with Gasteiger partial charge in [0.2, 0.25) is 0 Å². The molecule has 3 nitrogen and oxygen atoms in total. The van der Waals surface area contributed by atoms with Crippen molar-refractivity contribution >= 4 is 37.5 Å². The fourth-order valence-electron chi connectivity index (χ4n) is 1.38. The van der Waals surface area contributed by atoms with E-state index in [2.05, 4.69) is 47.1 Å². The van der Waals surface area contributed by atoms with Crippen molar-refractivity contribution in [1.29, 1.82) is 0 Å². The Balaban J connectivity index is 2.10. The van der Waals surface area contributed by atoms with Gasteiger partial charge < -0.3 is 10.3 Å². The van der Waals surface area contributed by atoms with Gasteiger partial charge in [0.25, 0.3) is 0 Å². The standard InChI is InChI=1S/C11H11Br2N3/c1-7-11(16-6-15-7)5-14-10-4-8(12)2-3-9(10)13/h2-4,6,14H,5H2,1H3,(H,15,16). The highest BCUT2D eigenvalue weighted by atomic mass is 79.9. The molecule has 0 radical (unpaired) electrons. The van der Waals surface area contributed by atoms with Crippen LogP contribution in [0.4, 0.5) is 5.69 Å². The maximum atomic E-state index is 4.24. The third kappa shape index (κ3) is 2.65. The van der Waals surface area contributed by atoms with Gasteiger partial charge in [0.1, 0.15) is 0 Å².